The van der Waals surface area contributed by atoms with Crippen molar-refractivity contribution in [3.05, 3.63) is 24.5 Å². The zero-order valence-electron chi connectivity index (χ0n) is 5.56. The van der Waals surface area contributed by atoms with E-state index in [0.717, 1.165) is 6.54 Å². The Hall–Kier alpha value is -1.25. The summed E-state index contributed by atoms with van der Waals surface area (Å²) in [4.78, 5) is 9.70. The van der Waals surface area contributed by atoms with Gasteiger partial charge in [-0.05, 0) is 12.1 Å². The summed E-state index contributed by atoms with van der Waals surface area (Å²) in [6.45, 7) is 1.63. The molecule has 0 radical (unpaired) electrons. The summed E-state index contributed by atoms with van der Waals surface area (Å²) in [7, 11) is 0. The number of nitrogens with zero attached hydrogens (tertiary/aromatic N) is 1. The molecule has 0 aliphatic rings. The smallest absolute Gasteiger partial charge is 0.293 e. The molecule has 10 heavy (non-hydrogen) atoms. The second-order valence-electron chi connectivity index (χ2n) is 1.89. The molecule has 1 aromatic rings. The largest absolute Gasteiger partial charge is 0.466 e. The Morgan fingerprint density at radius 2 is 2.10 bits per heavy atom. The van der Waals surface area contributed by atoms with Crippen LogP contribution in [0.4, 0.5) is 0 Å². The standard InChI is InChI=1S/C7H9NO2/c9-7-10-6-5-8-3-1-2-4-8/h1-4,7H,5-6H2. The minimum Gasteiger partial charge on any atom is -0.466 e. The lowest BCUT2D eigenvalue weighted by molar-refractivity contribution is -0.128. The molecule has 3 nitrogen and oxygen atoms in total. The van der Waals surface area contributed by atoms with E-state index in [1.807, 2.05) is 29.1 Å². The van der Waals surface area contributed by atoms with Gasteiger partial charge in [0.1, 0.15) is 6.61 Å². The molecule has 0 aromatic carbocycles. The topological polar surface area (TPSA) is 31.2 Å². The molecule has 0 aliphatic heterocycles. The molecule has 0 amide bonds. The lowest BCUT2D eigenvalue weighted by atomic mass is 10.7. The number of ether oxygens (including phenoxy) is 1. The van der Waals surface area contributed by atoms with Crippen molar-refractivity contribution in [2.45, 2.75) is 6.54 Å². The average Bonchev–Trinajstić information content (AvgIpc) is 2.41. The van der Waals surface area contributed by atoms with Gasteiger partial charge in [-0.2, -0.15) is 0 Å². The fourth-order valence-electron chi connectivity index (χ4n) is 0.725. The molecule has 0 unspecified atom stereocenters. The summed E-state index contributed by atoms with van der Waals surface area (Å²) in [5, 5.41) is 0. The molecule has 3 heteroatoms. The fourth-order valence-corrected chi connectivity index (χ4v) is 0.725. The first kappa shape index (κ1) is 6.86. The molecule has 0 saturated heterocycles. The molecule has 0 spiro atoms. The maximum atomic E-state index is 9.70. The second-order valence-corrected chi connectivity index (χ2v) is 1.89. The van der Waals surface area contributed by atoms with Gasteiger partial charge in [-0.15, -0.1) is 0 Å². The molecule has 1 rings (SSSR count). The molecule has 1 heterocycles. The van der Waals surface area contributed by atoms with Crippen LogP contribution in [0, 0.1) is 0 Å². The van der Waals surface area contributed by atoms with Gasteiger partial charge in [-0.25, -0.2) is 0 Å². The highest BCUT2D eigenvalue weighted by Gasteiger charge is 1.86. The van der Waals surface area contributed by atoms with Gasteiger partial charge in [0.15, 0.2) is 0 Å². The molecule has 0 saturated carbocycles. The van der Waals surface area contributed by atoms with E-state index < -0.39 is 0 Å². The van der Waals surface area contributed by atoms with Crippen molar-refractivity contribution in [2.75, 3.05) is 6.61 Å². The summed E-state index contributed by atoms with van der Waals surface area (Å²) >= 11 is 0. The third kappa shape index (κ3) is 1.93. The Balaban J connectivity index is 2.21. The van der Waals surface area contributed by atoms with E-state index in [-0.39, 0.29) is 0 Å². The maximum Gasteiger partial charge on any atom is 0.293 e. The van der Waals surface area contributed by atoms with Gasteiger partial charge in [0, 0.05) is 12.4 Å². The van der Waals surface area contributed by atoms with E-state index in [4.69, 9.17) is 0 Å². The number of hydrogen-bond acceptors (Lipinski definition) is 2. The van der Waals surface area contributed by atoms with Crippen LogP contribution in [0.2, 0.25) is 0 Å². The van der Waals surface area contributed by atoms with Gasteiger partial charge in [-0.1, -0.05) is 0 Å². The summed E-state index contributed by atoms with van der Waals surface area (Å²) in [6.07, 6.45) is 3.85. The molecular weight excluding hydrogens is 130 g/mol. The van der Waals surface area contributed by atoms with Crippen molar-refractivity contribution in [2.24, 2.45) is 0 Å². The predicted octanol–water partition coefficient (Wildman–Crippen LogP) is 0.661. The number of aromatic nitrogens is 1. The van der Waals surface area contributed by atoms with Crippen LogP contribution in [-0.2, 0) is 16.1 Å². The molecule has 0 bridgehead atoms. The van der Waals surface area contributed by atoms with Crippen molar-refractivity contribution in [1.82, 2.24) is 4.57 Å². The Labute approximate surface area is 59.2 Å². The van der Waals surface area contributed by atoms with Crippen LogP contribution in [0.5, 0.6) is 0 Å². The third-order valence-corrected chi connectivity index (χ3v) is 1.20. The van der Waals surface area contributed by atoms with Gasteiger partial charge < -0.3 is 9.30 Å². The van der Waals surface area contributed by atoms with Crippen LogP contribution in [0.1, 0.15) is 0 Å². The lowest BCUT2D eigenvalue weighted by Gasteiger charge is -1.99. The SMILES string of the molecule is O=COCCn1cccc1. The Kier molecular flexibility index (Phi) is 2.55. The fraction of sp³-hybridized carbons (Fsp3) is 0.286. The van der Waals surface area contributed by atoms with Gasteiger partial charge in [0.25, 0.3) is 6.47 Å². The highest BCUT2D eigenvalue weighted by Crippen LogP contribution is 1.88. The molecule has 0 atom stereocenters. The molecule has 54 valence electrons. The number of hydrogen-bond donors (Lipinski definition) is 0. The van der Waals surface area contributed by atoms with Crippen molar-refractivity contribution < 1.29 is 9.53 Å². The normalized spacial score (nSPS) is 9.20. The number of carbonyl (C=O) groups is 1. The van der Waals surface area contributed by atoms with Crippen LogP contribution >= 0.6 is 0 Å². The van der Waals surface area contributed by atoms with Crippen LogP contribution in [0.15, 0.2) is 24.5 Å². The highest BCUT2D eigenvalue weighted by atomic mass is 16.5. The van der Waals surface area contributed by atoms with Crippen molar-refractivity contribution in [3.8, 4) is 0 Å². The minimum atomic E-state index is 0.443. The van der Waals surface area contributed by atoms with E-state index in [1.54, 1.807) is 0 Å². The minimum absolute atomic E-state index is 0.443. The van der Waals surface area contributed by atoms with Gasteiger partial charge in [-0.3, -0.25) is 4.79 Å². The predicted molar refractivity (Wildman–Crippen MR) is 36.4 cm³/mol. The first-order valence-corrected chi connectivity index (χ1v) is 3.09. The van der Waals surface area contributed by atoms with E-state index in [9.17, 15) is 4.79 Å². The van der Waals surface area contributed by atoms with E-state index in [2.05, 4.69) is 4.74 Å². The van der Waals surface area contributed by atoms with Crippen molar-refractivity contribution in [3.63, 3.8) is 0 Å². The summed E-state index contributed by atoms with van der Waals surface area (Å²) < 4.78 is 6.45. The first-order valence-electron chi connectivity index (χ1n) is 3.09. The molecular formula is C7H9NO2. The van der Waals surface area contributed by atoms with Gasteiger partial charge in [0.05, 0.1) is 6.54 Å². The Morgan fingerprint density at radius 1 is 1.40 bits per heavy atom. The Morgan fingerprint density at radius 3 is 2.70 bits per heavy atom. The summed E-state index contributed by atoms with van der Waals surface area (Å²) in [5.41, 5.74) is 0. The number of carbonyl (C=O) groups excluding carboxylic acids is 1. The zero-order chi connectivity index (χ0) is 7.23. The molecule has 0 fully saturated rings. The van der Waals surface area contributed by atoms with Crippen LogP contribution < -0.4 is 0 Å². The van der Waals surface area contributed by atoms with Gasteiger partial charge in [0.2, 0.25) is 0 Å². The Bertz CT molecular complexity index is 181. The second kappa shape index (κ2) is 3.71. The monoisotopic (exact) mass is 139 g/mol. The first-order chi connectivity index (χ1) is 4.93. The van der Waals surface area contributed by atoms with Crippen LogP contribution in [-0.4, -0.2) is 17.6 Å². The van der Waals surface area contributed by atoms with Gasteiger partial charge >= 0.3 is 0 Å². The van der Waals surface area contributed by atoms with Crippen LogP contribution in [0.25, 0.3) is 0 Å². The third-order valence-electron chi connectivity index (χ3n) is 1.20. The molecule has 1 aromatic heterocycles. The number of rotatable bonds is 4. The van der Waals surface area contributed by atoms with Crippen molar-refractivity contribution >= 4 is 6.47 Å². The van der Waals surface area contributed by atoms with E-state index >= 15 is 0 Å². The highest BCUT2D eigenvalue weighted by molar-refractivity contribution is 5.36. The van der Waals surface area contributed by atoms with Crippen molar-refractivity contribution in [1.29, 1.82) is 0 Å². The average molecular weight is 139 g/mol. The quantitative estimate of drug-likeness (QED) is 0.453. The summed E-state index contributed by atoms with van der Waals surface area (Å²) in [5.74, 6) is 0. The maximum absolute atomic E-state index is 9.70. The van der Waals surface area contributed by atoms with Crippen LogP contribution in [0.3, 0.4) is 0 Å². The van der Waals surface area contributed by atoms with E-state index in [1.165, 1.54) is 0 Å². The zero-order valence-corrected chi connectivity index (χ0v) is 5.56. The molecule has 0 aliphatic carbocycles. The summed E-state index contributed by atoms with van der Waals surface area (Å²) in [6, 6.07) is 3.86. The lowest BCUT2D eigenvalue weighted by Crippen LogP contribution is -2.02. The van der Waals surface area contributed by atoms with E-state index in [0.29, 0.717) is 13.1 Å². The molecule has 0 N–H and O–H groups in total.